The Morgan fingerprint density at radius 3 is 2.80 bits per heavy atom. The second-order valence-electron chi connectivity index (χ2n) is 6.94. The molecule has 0 aromatic carbocycles. The molecule has 0 amide bonds. The third-order valence-corrected chi connectivity index (χ3v) is 5.98. The van der Waals surface area contributed by atoms with E-state index in [1.165, 1.54) is 38.5 Å². The predicted molar refractivity (Wildman–Crippen MR) is 64.7 cm³/mol. The smallest absolute Gasteiger partial charge is 0.00848 e. The number of fused-ring (bicyclic) bond motifs is 1. The minimum Gasteiger partial charge on any atom is -0.0816 e. The Morgan fingerprint density at radius 1 is 1.20 bits per heavy atom. The van der Waals surface area contributed by atoms with Crippen LogP contribution in [0.1, 0.15) is 59.3 Å². The zero-order chi connectivity index (χ0) is 10.7. The van der Waals surface area contributed by atoms with Gasteiger partial charge in [0, 0.05) is 0 Å². The molecule has 0 radical (unpaired) electrons. The molecule has 0 saturated heterocycles. The maximum atomic E-state index is 2.63. The third-order valence-electron chi connectivity index (χ3n) is 5.98. The van der Waals surface area contributed by atoms with Crippen LogP contribution in [0.3, 0.4) is 0 Å². The van der Waals surface area contributed by atoms with Crippen LogP contribution in [0, 0.1) is 22.7 Å². The highest BCUT2D eigenvalue weighted by molar-refractivity contribution is 5.25. The molecule has 15 heavy (non-hydrogen) atoms. The molecule has 0 aromatic heterocycles. The molecule has 0 N–H and O–H groups in total. The summed E-state index contributed by atoms with van der Waals surface area (Å²) >= 11 is 0. The van der Waals surface area contributed by atoms with E-state index in [1.54, 1.807) is 5.57 Å². The zero-order valence-electron chi connectivity index (χ0n) is 10.5. The first kappa shape index (κ1) is 9.93. The highest BCUT2D eigenvalue weighted by atomic mass is 14.6. The van der Waals surface area contributed by atoms with Crippen LogP contribution in [0.25, 0.3) is 0 Å². The molecule has 4 atom stereocenters. The maximum absolute atomic E-state index is 2.63. The van der Waals surface area contributed by atoms with Gasteiger partial charge in [0.15, 0.2) is 0 Å². The molecule has 0 aromatic rings. The van der Waals surface area contributed by atoms with E-state index < -0.39 is 0 Å². The van der Waals surface area contributed by atoms with Crippen molar-refractivity contribution in [2.75, 3.05) is 0 Å². The Bertz CT molecular complexity index is 314. The number of hydrogen-bond acceptors (Lipinski definition) is 0. The standard InChI is InChI=1S/C15H24/c1-11-9-12-5-4-6-14(2)7-8-15(11,3)13(12)10-14/h9,12-13H,4-8,10H2,1-3H3/t12-,13-,14+,15+/m0/s1. The van der Waals surface area contributed by atoms with Crippen LogP contribution in [0.2, 0.25) is 0 Å². The third kappa shape index (κ3) is 1.26. The van der Waals surface area contributed by atoms with Gasteiger partial charge in [-0.3, -0.25) is 0 Å². The molecular weight excluding hydrogens is 180 g/mol. The Morgan fingerprint density at radius 2 is 2.00 bits per heavy atom. The molecule has 84 valence electrons. The van der Waals surface area contributed by atoms with Crippen molar-refractivity contribution in [2.45, 2.75) is 59.3 Å². The van der Waals surface area contributed by atoms with Crippen molar-refractivity contribution < 1.29 is 0 Å². The summed E-state index contributed by atoms with van der Waals surface area (Å²) in [4.78, 5) is 0. The van der Waals surface area contributed by atoms with Crippen molar-refractivity contribution in [1.29, 1.82) is 0 Å². The summed E-state index contributed by atoms with van der Waals surface area (Å²) in [6, 6.07) is 0. The fourth-order valence-electron chi connectivity index (χ4n) is 4.62. The topological polar surface area (TPSA) is 0 Å². The van der Waals surface area contributed by atoms with E-state index in [2.05, 4.69) is 26.8 Å². The lowest BCUT2D eigenvalue weighted by Crippen LogP contribution is -2.37. The van der Waals surface area contributed by atoms with Gasteiger partial charge in [0.25, 0.3) is 0 Å². The van der Waals surface area contributed by atoms with Crippen molar-refractivity contribution in [1.82, 2.24) is 0 Å². The van der Waals surface area contributed by atoms with Crippen molar-refractivity contribution in [3.63, 3.8) is 0 Å². The molecule has 0 spiro atoms. The van der Waals surface area contributed by atoms with Gasteiger partial charge in [-0.15, -0.1) is 0 Å². The van der Waals surface area contributed by atoms with E-state index in [0.717, 1.165) is 11.8 Å². The minimum atomic E-state index is 0.578. The van der Waals surface area contributed by atoms with Gasteiger partial charge >= 0.3 is 0 Å². The minimum absolute atomic E-state index is 0.578. The van der Waals surface area contributed by atoms with E-state index in [1.807, 2.05) is 0 Å². The first-order valence-corrected chi connectivity index (χ1v) is 6.72. The Balaban J connectivity index is 2.01. The normalized spacial score (nSPS) is 53.7. The summed E-state index contributed by atoms with van der Waals surface area (Å²) in [7, 11) is 0. The highest BCUT2D eigenvalue weighted by Crippen LogP contribution is 2.62. The Labute approximate surface area is 94.1 Å². The van der Waals surface area contributed by atoms with Crippen LogP contribution in [0.15, 0.2) is 11.6 Å². The number of allylic oxidation sites excluding steroid dienone is 2. The quantitative estimate of drug-likeness (QED) is 0.507. The van der Waals surface area contributed by atoms with E-state index >= 15 is 0 Å². The van der Waals surface area contributed by atoms with E-state index in [0.29, 0.717) is 10.8 Å². The first-order valence-electron chi connectivity index (χ1n) is 6.72. The monoisotopic (exact) mass is 204 g/mol. The van der Waals surface area contributed by atoms with Crippen molar-refractivity contribution >= 4 is 0 Å². The van der Waals surface area contributed by atoms with Gasteiger partial charge in [0.2, 0.25) is 0 Å². The Kier molecular flexibility index (Phi) is 1.92. The van der Waals surface area contributed by atoms with Crippen LogP contribution >= 0.6 is 0 Å². The molecule has 0 nitrogen and oxygen atoms in total. The molecule has 3 aliphatic carbocycles. The van der Waals surface area contributed by atoms with Gasteiger partial charge in [0.1, 0.15) is 0 Å². The molecule has 0 heteroatoms. The van der Waals surface area contributed by atoms with Crippen LogP contribution in [-0.4, -0.2) is 0 Å². The van der Waals surface area contributed by atoms with Crippen LogP contribution < -0.4 is 0 Å². The van der Waals surface area contributed by atoms with Gasteiger partial charge in [-0.05, 0) is 61.7 Å². The molecular formula is C15H24. The van der Waals surface area contributed by atoms with Gasteiger partial charge < -0.3 is 0 Å². The van der Waals surface area contributed by atoms with Gasteiger partial charge in [0.05, 0.1) is 0 Å². The van der Waals surface area contributed by atoms with Crippen LogP contribution in [0.5, 0.6) is 0 Å². The van der Waals surface area contributed by atoms with Crippen molar-refractivity contribution in [3.05, 3.63) is 11.6 Å². The molecule has 2 fully saturated rings. The average molecular weight is 204 g/mol. The average Bonchev–Trinajstić information content (AvgIpc) is 2.36. The number of hydrogen-bond donors (Lipinski definition) is 0. The number of rotatable bonds is 0. The largest absolute Gasteiger partial charge is 0.0816 e. The highest BCUT2D eigenvalue weighted by Gasteiger charge is 2.52. The fraction of sp³-hybridized carbons (Fsp3) is 0.867. The van der Waals surface area contributed by atoms with Gasteiger partial charge in [-0.25, -0.2) is 0 Å². The lowest BCUT2D eigenvalue weighted by atomic mass is 9.58. The summed E-state index contributed by atoms with van der Waals surface area (Å²) in [6.45, 7) is 7.47. The van der Waals surface area contributed by atoms with Gasteiger partial charge in [-0.1, -0.05) is 31.9 Å². The molecule has 2 bridgehead atoms. The van der Waals surface area contributed by atoms with Crippen molar-refractivity contribution in [2.24, 2.45) is 22.7 Å². The SMILES string of the molecule is CC1=C[C@@H]2CCC[C@]3(C)CC[C@@]1(C)[C@H]2C3. The summed E-state index contributed by atoms with van der Waals surface area (Å²) < 4.78 is 0. The predicted octanol–water partition coefficient (Wildman–Crippen LogP) is 4.56. The lowest BCUT2D eigenvalue weighted by Gasteiger charge is -2.47. The summed E-state index contributed by atoms with van der Waals surface area (Å²) in [5.41, 5.74) is 2.98. The Hall–Kier alpha value is -0.260. The van der Waals surface area contributed by atoms with Gasteiger partial charge in [-0.2, -0.15) is 0 Å². The van der Waals surface area contributed by atoms with E-state index in [4.69, 9.17) is 0 Å². The second-order valence-corrected chi connectivity index (χ2v) is 6.94. The molecule has 0 aliphatic heterocycles. The first-order chi connectivity index (χ1) is 7.04. The van der Waals surface area contributed by atoms with E-state index in [-0.39, 0.29) is 0 Å². The lowest BCUT2D eigenvalue weighted by molar-refractivity contribution is 0.0579. The van der Waals surface area contributed by atoms with Crippen molar-refractivity contribution in [3.8, 4) is 0 Å². The van der Waals surface area contributed by atoms with Crippen LogP contribution in [-0.2, 0) is 0 Å². The van der Waals surface area contributed by atoms with Crippen LogP contribution in [0.4, 0.5) is 0 Å². The van der Waals surface area contributed by atoms with E-state index in [9.17, 15) is 0 Å². The zero-order valence-corrected chi connectivity index (χ0v) is 10.5. The summed E-state index contributed by atoms with van der Waals surface area (Å²) in [5.74, 6) is 1.91. The molecule has 0 unspecified atom stereocenters. The summed E-state index contributed by atoms with van der Waals surface area (Å²) in [6.07, 6.45) is 11.5. The maximum Gasteiger partial charge on any atom is -0.00848 e. The second kappa shape index (κ2) is 2.90. The molecule has 3 aliphatic rings. The fourth-order valence-corrected chi connectivity index (χ4v) is 4.62. The molecule has 2 saturated carbocycles. The molecule has 3 rings (SSSR count). The summed E-state index contributed by atoms with van der Waals surface area (Å²) in [5, 5.41) is 0. The molecule has 0 heterocycles.